The van der Waals surface area contributed by atoms with E-state index in [1.165, 1.54) is 12.7 Å². The second-order valence-corrected chi connectivity index (χ2v) is 5.58. The standard InChI is InChI=1S/C14H17BrO4/c1-7-8-5-3-4-6-9(8)11(15)13(19-2)10(7)12(16)14(17)18/h12,16H,3-6H2,1-2H3,(H,17,18). The van der Waals surface area contributed by atoms with Crippen LogP contribution in [-0.2, 0) is 17.6 Å². The number of hydrogen-bond donors (Lipinski definition) is 2. The van der Waals surface area contributed by atoms with Gasteiger partial charge >= 0.3 is 5.97 Å². The van der Waals surface area contributed by atoms with Crippen LogP contribution in [0.5, 0.6) is 5.75 Å². The molecule has 5 heteroatoms. The van der Waals surface area contributed by atoms with Crippen LogP contribution in [0.3, 0.4) is 0 Å². The fraction of sp³-hybridized carbons (Fsp3) is 0.500. The van der Waals surface area contributed by atoms with E-state index in [9.17, 15) is 9.90 Å². The number of aliphatic hydroxyl groups is 1. The summed E-state index contributed by atoms with van der Waals surface area (Å²) in [5.74, 6) is -0.822. The van der Waals surface area contributed by atoms with Crippen LogP contribution in [0.4, 0.5) is 0 Å². The Bertz CT molecular complexity index is 525. The van der Waals surface area contributed by atoms with Gasteiger partial charge in [0.25, 0.3) is 0 Å². The Kier molecular flexibility index (Phi) is 4.16. The molecule has 0 radical (unpaired) electrons. The zero-order valence-electron chi connectivity index (χ0n) is 11.0. The molecule has 1 aliphatic rings. The van der Waals surface area contributed by atoms with Gasteiger partial charge in [-0.25, -0.2) is 4.79 Å². The monoisotopic (exact) mass is 328 g/mol. The van der Waals surface area contributed by atoms with E-state index < -0.39 is 12.1 Å². The van der Waals surface area contributed by atoms with Crippen molar-refractivity contribution in [3.05, 3.63) is 26.7 Å². The number of fused-ring (bicyclic) bond motifs is 1. The summed E-state index contributed by atoms with van der Waals surface area (Å²) in [4.78, 5) is 11.1. The van der Waals surface area contributed by atoms with Crippen LogP contribution >= 0.6 is 15.9 Å². The summed E-state index contributed by atoms with van der Waals surface area (Å²) in [5, 5.41) is 19.0. The predicted octanol–water partition coefficient (Wildman–Crippen LogP) is 2.76. The highest BCUT2D eigenvalue weighted by Crippen LogP contribution is 2.43. The number of rotatable bonds is 3. The number of methoxy groups -OCH3 is 1. The molecule has 0 aliphatic heterocycles. The molecular formula is C14H17BrO4. The molecule has 2 rings (SSSR count). The first kappa shape index (κ1) is 14.3. The van der Waals surface area contributed by atoms with E-state index in [1.54, 1.807) is 0 Å². The van der Waals surface area contributed by atoms with Gasteiger partial charge in [-0.05, 0) is 65.2 Å². The molecule has 1 atom stereocenters. The molecule has 0 spiro atoms. The first-order chi connectivity index (χ1) is 8.99. The zero-order chi connectivity index (χ0) is 14.2. The third kappa shape index (κ3) is 2.37. The van der Waals surface area contributed by atoms with Gasteiger partial charge in [0.15, 0.2) is 6.10 Å². The predicted molar refractivity (Wildman–Crippen MR) is 74.7 cm³/mol. The van der Waals surface area contributed by atoms with Crippen LogP contribution in [0.15, 0.2) is 4.47 Å². The summed E-state index contributed by atoms with van der Waals surface area (Å²) in [6.45, 7) is 1.86. The number of hydrogen-bond acceptors (Lipinski definition) is 3. The van der Waals surface area contributed by atoms with E-state index >= 15 is 0 Å². The number of ether oxygens (including phenoxy) is 1. The van der Waals surface area contributed by atoms with Crippen molar-refractivity contribution in [3.63, 3.8) is 0 Å². The molecule has 2 N–H and O–H groups in total. The minimum Gasteiger partial charge on any atom is -0.495 e. The van der Waals surface area contributed by atoms with E-state index in [4.69, 9.17) is 9.84 Å². The molecule has 0 bridgehead atoms. The minimum absolute atomic E-state index is 0.363. The maximum absolute atomic E-state index is 11.1. The fourth-order valence-electron chi connectivity index (χ4n) is 2.80. The number of carboxylic acids is 1. The average molecular weight is 329 g/mol. The Morgan fingerprint density at radius 2 is 1.89 bits per heavy atom. The quantitative estimate of drug-likeness (QED) is 0.895. The summed E-state index contributed by atoms with van der Waals surface area (Å²) in [6.07, 6.45) is 2.53. The van der Waals surface area contributed by atoms with E-state index in [0.717, 1.165) is 41.3 Å². The fourth-order valence-corrected chi connectivity index (χ4v) is 3.61. The molecule has 0 fully saturated rings. The molecule has 1 aromatic carbocycles. The summed E-state index contributed by atoms with van der Waals surface area (Å²) in [7, 11) is 1.49. The SMILES string of the molecule is COc1c(Br)c2c(c(C)c1C(O)C(=O)O)CCCC2. The number of carboxylic acid groups (broad SMARTS) is 1. The highest BCUT2D eigenvalue weighted by molar-refractivity contribution is 9.10. The van der Waals surface area contributed by atoms with Crippen molar-refractivity contribution in [3.8, 4) is 5.75 Å². The normalized spacial score (nSPS) is 15.8. The Hall–Kier alpha value is -1.07. The molecule has 0 amide bonds. The summed E-state index contributed by atoms with van der Waals surface area (Å²) < 4.78 is 6.11. The number of aliphatic carboxylic acids is 1. The third-order valence-corrected chi connectivity index (χ3v) is 4.58. The van der Waals surface area contributed by atoms with E-state index in [1.807, 2.05) is 6.92 Å². The minimum atomic E-state index is -1.56. The van der Waals surface area contributed by atoms with Gasteiger partial charge in [-0.1, -0.05) is 0 Å². The maximum atomic E-state index is 11.1. The van der Waals surface area contributed by atoms with Crippen LogP contribution in [0.25, 0.3) is 0 Å². The van der Waals surface area contributed by atoms with Crippen molar-refractivity contribution in [2.24, 2.45) is 0 Å². The average Bonchev–Trinajstić information content (AvgIpc) is 2.41. The molecular weight excluding hydrogens is 312 g/mol. The van der Waals surface area contributed by atoms with Gasteiger partial charge < -0.3 is 14.9 Å². The molecule has 0 aromatic heterocycles. The third-order valence-electron chi connectivity index (χ3n) is 3.74. The lowest BCUT2D eigenvalue weighted by Crippen LogP contribution is -2.17. The van der Waals surface area contributed by atoms with Gasteiger partial charge in [0.1, 0.15) is 5.75 Å². The van der Waals surface area contributed by atoms with Gasteiger partial charge in [-0.15, -0.1) is 0 Å². The summed E-state index contributed by atoms with van der Waals surface area (Å²) in [6, 6.07) is 0. The molecule has 19 heavy (non-hydrogen) atoms. The topological polar surface area (TPSA) is 66.8 Å². The maximum Gasteiger partial charge on any atom is 0.337 e. The molecule has 1 unspecified atom stereocenters. The highest BCUT2D eigenvalue weighted by Gasteiger charge is 2.29. The number of carbonyl (C=O) groups is 1. The molecule has 1 aromatic rings. The van der Waals surface area contributed by atoms with E-state index in [-0.39, 0.29) is 0 Å². The lowest BCUT2D eigenvalue weighted by Gasteiger charge is -2.26. The zero-order valence-corrected chi connectivity index (χ0v) is 12.6. The van der Waals surface area contributed by atoms with Gasteiger partial charge in [-0.2, -0.15) is 0 Å². The van der Waals surface area contributed by atoms with Crippen molar-refractivity contribution in [1.82, 2.24) is 0 Å². The van der Waals surface area contributed by atoms with Crippen molar-refractivity contribution < 1.29 is 19.7 Å². The Morgan fingerprint density at radius 1 is 1.32 bits per heavy atom. The van der Waals surface area contributed by atoms with Crippen LogP contribution < -0.4 is 4.74 Å². The van der Waals surface area contributed by atoms with Crippen molar-refractivity contribution in [2.45, 2.75) is 38.7 Å². The van der Waals surface area contributed by atoms with Crippen LogP contribution in [0, 0.1) is 6.92 Å². The molecule has 4 nitrogen and oxygen atoms in total. The smallest absolute Gasteiger partial charge is 0.337 e. The highest BCUT2D eigenvalue weighted by atomic mass is 79.9. The summed E-state index contributed by atoms with van der Waals surface area (Å²) in [5.41, 5.74) is 3.53. The largest absolute Gasteiger partial charge is 0.495 e. The van der Waals surface area contributed by atoms with Crippen LogP contribution in [0.1, 0.15) is 41.2 Å². The Labute approximate surface area is 120 Å². The number of aliphatic hydroxyl groups excluding tert-OH is 1. The molecule has 1 aliphatic carbocycles. The Balaban J connectivity index is 2.71. The molecule has 0 saturated heterocycles. The molecule has 0 heterocycles. The first-order valence-corrected chi connectivity index (χ1v) is 7.06. The van der Waals surface area contributed by atoms with Crippen molar-refractivity contribution in [1.29, 1.82) is 0 Å². The van der Waals surface area contributed by atoms with Gasteiger partial charge in [-0.3, -0.25) is 0 Å². The number of benzene rings is 1. The second kappa shape index (κ2) is 5.51. The van der Waals surface area contributed by atoms with Crippen molar-refractivity contribution in [2.75, 3.05) is 7.11 Å². The van der Waals surface area contributed by atoms with Gasteiger partial charge in [0.05, 0.1) is 11.6 Å². The molecule has 104 valence electrons. The van der Waals surface area contributed by atoms with E-state index in [0.29, 0.717) is 11.3 Å². The van der Waals surface area contributed by atoms with Crippen LogP contribution in [0.2, 0.25) is 0 Å². The van der Waals surface area contributed by atoms with Crippen LogP contribution in [-0.4, -0.2) is 23.3 Å². The lowest BCUT2D eigenvalue weighted by atomic mass is 9.84. The van der Waals surface area contributed by atoms with E-state index in [2.05, 4.69) is 15.9 Å². The van der Waals surface area contributed by atoms with Crippen molar-refractivity contribution >= 4 is 21.9 Å². The lowest BCUT2D eigenvalue weighted by molar-refractivity contribution is -0.147. The van der Waals surface area contributed by atoms with Gasteiger partial charge in [0, 0.05) is 5.56 Å². The first-order valence-electron chi connectivity index (χ1n) is 6.27. The Morgan fingerprint density at radius 3 is 2.42 bits per heavy atom. The summed E-state index contributed by atoms with van der Waals surface area (Å²) >= 11 is 3.50. The molecule has 0 saturated carbocycles. The second-order valence-electron chi connectivity index (χ2n) is 4.79. The number of halogens is 1. The van der Waals surface area contributed by atoms with Gasteiger partial charge in [0.2, 0.25) is 0 Å².